The number of aliphatic hydroxyl groups excluding tert-OH is 1. The predicted molar refractivity (Wildman–Crippen MR) is 71.4 cm³/mol. The number of nitrogens with one attached hydrogen (secondary N) is 1. The Morgan fingerprint density at radius 2 is 2.06 bits per heavy atom. The summed E-state index contributed by atoms with van der Waals surface area (Å²) in [7, 11) is 0. The molecule has 1 aromatic rings. The van der Waals surface area contributed by atoms with Crippen LogP contribution in [-0.4, -0.2) is 30.8 Å². The normalized spacial score (nSPS) is 16.1. The quantitative estimate of drug-likeness (QED) is 0.840. The van der Waals surface area contributed by atoms with E-state index in [1.54, 1.807) is 12.1 Å². The first-order chi connectivity index (χ1) is 8.63. The van der Waals surface area contributed by atoms with Crippen molar-refractivity contribution in [3.63, 3.8) is 0 Å². The topological polar surface area (TPSA) is 58.6 Å². The Hall–Kier alpha value is -1.07. The smallest absolute Gasteiger partial charge is 0.257 e. The van der Waals surface area contributed by atoms with Crippen molar-refractivity contribution in [3.8, 4) is 5.75 Å². The molecule has 2 rings (SSSR count). The van der Waals surface area contributed by atoms with Gasteiger partial charge in [-0.1, -0.05) is 15.9 Å². The van der Waals surface area contributed by atoms with E-state index in [9.17, 15) is 4.79 Å². The van der Waals surface area contributed by atoms with E-state index in [2.05, 4.69) is 21.2 Å². The highest BCUT2D eigenvalue weighted by molar-refractivity contribution is 9.10. The van der Waals surface area contributed by atoms with Crippen molar-refractivity contribution in [2.24, 2.45) is 5.41 Å². The van der Waals surface area contributed by atoms with E-state index in [-0.39, 0.29) is 24.5 Å². The Bertz CT molecular complexity index is 415. The average Bonchev–Trinajstić information content (AvgIpc) is 3.16. The number of hydrogen-bond donors (Lipinski definition) is 2. The molecule has 1 fully saturated rings. The van der Waals surface area contributed by atoms with Crippen LogP contribution in [0.5, 0.6) is 5.75 Å². The molecule has 0 saturated heterocycles. The van der Waals surface area contributed by atoms with Gasteiger partial charge in [0.25, 0.3) is 5.91 Å². The number of benzene rings is 1. The highest BCUT2D eigenvalue weighted by Gasteiger charge is 2.41. The molecule has 4 nitrogen and oxygen atoms in total. The second-order valence-electron chi connectivity index (χ2n) is 4.68. The van der Waals surface area contributed by atoms with Crippen molar-refractivity contribution in [2.45, 2.75) is 12.8 Å². The number of carbonyl (C=O) groups excluding carboxylic acids is 1. The van der Waals surface area contributed by atoms with Gasteiger partial charge in [0.15, 0.2) is 6.61 Å². The Labute approximate surface area is 114 Å². The third-order valence-corrected chi connectivity index (χ3v) is 3.67. The monoisotopic (exact) mass is 313 g/mol. The highest BCUT2D eigenvalue weighted by Crippen LogP contribution is 2.44. The standard InChI is InChI=1S/C13H16BrNO3/c14-10-1-3-11(4-2-10)18-7-12(17)15-8-13(9-16)5-6-13/h1-4,16H,5-9H2,(H,15,17). The number of amides is 1. The molecule has 0 aromatic heterocycles. The molecule has 0 radical (unpaired) electrons. The van der Waals surface area contributed by atoms with Gasteiger partial charge in [-0.05, 0) is 37.1 Å². The summed E-state index contributed by atoms with van der Waals surface area (Å²) < 4.78 is 6.32. The minimum absolute atomic E-state index is 0.00312. The lowest BCUT2D eigenvalue weighted by atomic mass is 10.1. The molecular weight excluding hydrogens is 298 g/mol. The Kier molecular flexibility index (Phi) is 4.24. The SMILES string of the molecule is O=C(COc1ccc(Br)cc1)NCC1(CO)CC1. The second kappa shape index (κ2) is 5.71. The lowest BCUT2D eigenvalue weighted by Crippen LogP contribution is -2.35. The first-order valence-electron chi connectivity index (χ1n) is 5.89. The molecule has 18 heavy (non-hydrogen) atoms. The second-order valence-corrected chi connectivity index (χ2v) is 5.59. The van der Waals surface area contributed by atoms with Gasteiger partial charge in [0.1, 0.15) is 5.75 Å². The summed E-state index contributed by atoms with van der Waals surface area (Å²) in [5, 5.41) is 11.9. The molecule has 0 spiro atoms. The Balaban J connectivity index is 1.70. The fourth-order valence-electron chi connectivity index (χ4n) is 1.58. The molecule has 1 saturated carbocycles. The van der Waals surface area contributed by atoms with E-state index in [4.69, 9.17) is 9.84 Å². The Morgan fingerprint density at radius 1 is 1.39 bits per heavy atom. The molecule has 2 N–H and O–H groups in total. The summed E-state index contributed by atoms with van der Waals surface area (Å²) in [5.74, 6) is 0.509. The summed E-state index contributed by atoms with van der Waals surface area (Å²) in [6.45, 7) is 0.677. The fourth-order valence-corrected chi connectivity index (χ4v) is 1.85. The summed E-state index contributed by atoms with van der Waals surface area (Å²) in [6.07, 6.45) is 1.97. The number of ether oxygens (including phenoxy) is 1. The Morgan fingerprint density at radius 3 is 2.61 bits per heavy atom. The van der Waals surface area contributed by atoms with Crippen molar-refractivity contribution >= 4 is 21.8 Å². The molecule has 0 atom stereocenters. The van der Waals surface area contributed by atoms with Gasteiger partial charge < -0.3 is 15.2 Å². The van der Waals surface area contributed by atoms with Gasteiger partial charge in [-0.25, -0.2) is 0 Å². The van der Waals surface area contributed by atoms with Gasteiger partial charge in [0.05, 0.1) is 6.61 Å². The van der Waals surface area contributed by atoms with E-state index in [1.807, 2.05) is 12.1 Å². The fraction of sp³-hybridized carbons (Fsp3) is 0.462. The molecule has 0 unspecified atom stereocenters. The lowest BCUT2D eigenvalue weighted by Gasteiger charge is -2.13. The zero-order chi connectivity index (χ0) is 13.0. The van der Waals surface area contributed by atoms with Gasteiger partial charge in [0.2, 0.25) is 0 Å². The summed E-state index contributed by atoms with van der Waals surface area (Å²) in [6, 6.07) is 7.32. The minimum atomic E-state index is -0.155. The third kappa shape index (κ3) is 3.71. The first kappa shape index (κ1) is 13.4. The average molecular weight is 314 g/mol. The van der Waals surface area contributed by atoms with E-state index in [0.717, 1.165) is 17.3 Å². The van der Waals surface area contributed by atoms with Crippen LogP contribution in [0.1, 0.15) is 12.8 Å². The minimum Gasteiger partial charge on any atom is -0.484 e. The van der Waals surface area contributed by atoms with Crippen molar-refractivity contribution in [1.29, 1.82) is 0 Å². The van der Waals surface area contributed by atoms with E-state index in [1.165, 1.54) is 0 Å². The zero-order valence-electron chi connectivity index (χ0n) is 9.99. The molecule has 98 valence electrons. The van der Waals surface area contributed by atoms with Crippen molar-refractivity contribution in [3.05, 3.63) is 28.7 Å². The molecule has 1 aliphatic rings. The highest BCUT2D eigenvalue weighted by atomic mass is 79.9. The zero-order valence-corrected chi connectivity index (χ0v) is 11.6. The maximum Gasteiger partial charge on any atom is 0.257 e. The van der Waals surface area contributed by atoms with E-state index < -0.39 is 0 Å². The molecule has 0 heterocycles. The molecule has 1 aromatic carbocycles. The number of hydrogen-bond acceptors (Lipinski definition) is 3. The molecule has 0 bridgehead atoms. The number of halogens is 1. The number of rotatable bonds is 6. The molecule has 5 heteroatoms. The van der Waals surface area contributed by atoms with Crippen molar-refractivity contribution in [2.75, 3.05) is 19.8 Å². The van der Waals surface area contributed by atoms with Crippen LogP contribution in [0.25, 0.3) is 0 Å². The maximum atomic E-state index is 11.5. The van der Waals surface area contributed by atoms with Crippen molar-refractivity contribution in [1.82, 2.24) is 5.32 Å². The summed E-state index contributed by atoms with van der Waals surface area (Å²) in [5.41, 5.74) is -0.0622. The van der Waals surface area contributed by atoms with Crippen LogP contribution in [0.15, 0.2) is 28.7 Å². The van der Waals surface area contributed by atoms with Gasteiger partial charge in [-0.15, -0.1) is 0 Å². The van der Waals surface area contributed by atoms with Gasteiger partial charge in [-0.3, -0.25) is 4.79 Å². The van der Waals surface area contributed by atoms with Gasteiger partial charge in [0, 0.05) is 16.4 Å². The molecule has 0 aliphatic heterocycles. The van der Waals surface area contributed by atoms with Crippen LogP contribution >= 0.6 is 15.9 Å². The van der Waals surface area contributed by atoms with Crippen LogP contribution in [0, 0.1) is 5.41 Å². The van der Waals surface area contributed by atoms with Crippen LogP contribution in [0.3, 0.4) is 0 Å². The largest absolute Gasteiger partial charge is 0.484 e. The van der Waals surface area contributed by atoms with Crippen molar-refractivity contribution < 1.29 is 14.6 Å². The van der Waals surface area contributed by atoms with E-state index >= 15 is 0 Å². The van der Waals surface area contributed by atoms with E-state index in [0.29, 0.717) is 12.3 Å². The van der Waals surface area contributed by atoms with Gasteiger partial charge in [-0.2, -0.15) is 0 Å². The van der Waals surface area contributed by atoms with Crippen LogP contribution in [0.4, 0.5) is 0 Å². The third-order valence-electron chi connectivity index (χ3n) is 3.14. The predicted octanol–water partition coefficient (Wildman–Crippen LogP) is 1.72. The van der Waals surface area contributed by atoms with Gasteiger partial charge >= 0.3 is 0 Å². The summed E-state index contributed by atoms with van der Waals surface area (Å²) in [4.78, 5) is 11.5. The summed E-state index contributed by atoms with van der Waals surface area (Å²) >= 11 is 3.33. The van der Waals surface area contributed by atoms with Crippen LogP contribution in [0.2, 0.25) is 0 Å². The van der Waals surface area contributed by atoms with Crippen LogP contribution in [-0.2, 0) is 4.79 Å². The first-order valence-corrected chi connectivity index (χ1v) is 6.69. The lowest BCUT2D eigenvalue weighted by molar-refractivity contribution is -0.123. The molecule has 1 amide bonds. The van der Waals surface area contributed by atoms with Crippen LogP contribution < -0.4 is 10.1 Å². The number of aliphatic hydroxyl groups is 1. The molecular formula is C13H16BrNO3. The molecule has 1 aliphatic carbocycles. The maximum absolute atomic E-state index is 11.5. The number of carbonyl (C=O) groups is 1.